The molecule has 0 fully saturated rings. The molecule has 4 heteroatoms. The average molecular weight is 501 g/mol. The Kier molecular flexibility index (Phi) is 5.33. The zero-order valence-electron chi connectivity index (χ0n) is 23.2. The van der Waals surface area contributed by atoms with E-state index in [0.717, 1.165) is 23.0 Å². The second kappa shape index (κ2) is 8.29. The molecule has 0 radical (unpaired) electrons. The van der Waals surface area contributed by atoms with Crippen LogP contribution in [0.1, 0.15) is 52.7 Å². The molecule has 2 atom stereocenters. The third kappa shape index (κ3) is 3.29. The molecule has 0 aliphatic carbocycles. The highest BCUT2D eigenvalue weighted by atomic mass is 15.5. The summed E-state index contributed by atoms with van der Waals surface area (Å²) in [6, 6.07) is 26.3. The fourth-order valence-electron chi connectivity index (χ4n) is 6.47. The first-order chi connectivity index (χ1) is 18.1. The van der Waals surface area contributed by atoms with E-state index < -0.39 is 0 Å². The number of para-hydroxylation sites is 1. The number of allylic oxidation sites excluding steroid dienone is 1. The van der Waals surface area contributed by atoms with Crippen molar-refractivity contribution in [1.29, 1.82) is 0 Å². The molecule has 2 aliphatic heterocycles. The van der Waals surface area contributed by atoms with Crippen molar-refractivity contribution in [2.24, 2.45) is 5.41 Å². The Labute approximate surface area is 226 Å². The minimum absolute atomic E-state index is 0.0302. The molecule has 0 N–H and O–H groups in total. The van der Waals surface area contributed by atoms with Gasteiger partial charge in [-0.05, 0) is 45.9 Å². The smallest absolute Gasteiger partial charge is 0.178 e. The van der Waals surface area contributed by atoms with Crippen LogP contribution in [-0.2, 0) is 10.8 Å². The summed E-state index contributed by atoms with van der Waals surface area (Å²) >= 11 is 0. The van der Waals surface area contributed by atoms with Crippen molar-refractivity contribution in [2.45, 2.75) is 58.5 Å². The van der Waals surface area contributed by atoms with Crippen LogP contribution in [0.2, 0.25) is 0 Å². The van der Waals surface area contributed by atoms with Crippen molar-refractivity contribution in [3.05, 3.63) is 109 Å². The van der Waals surface area contributed by atoms with Crippen LogP contribution in [0.4, 0.5) is 23.0 Å². The Balaban J connectivity index is 1.65. The highest BCUT2D eigenvalue weighted by Gasteiger charge is 2.59. The normalized spacial score (nSPS) is 21.5. The molecule has 3 heterocycles. The van der Waals surface area contributed by atoms with Gasteiger partial charge in [-0.2, -0.15) is 0 Å². The predicted molar refractivity (Wildman–Crippen MR) is 158 cm³/mol. The molecule has 1 aromatic heterocycles. The summed E-state index contributed by atoms with van der Waals surface area (Å²) in [7, 11) is 0. The maximum absolute atomic E-state index is 4.91. The number of aromatic nitrogens is 2. The van der Waals surface area contributed by atoms with Crippen molar-refractivity contribution in [3.63, 3.8) is 0 Å². The summed E-state index contributed by atoms with van der Waals surface area (Å²) in [6.07, 6.45) is 5.70. The number of hydrogen-bond donors (Lipinski definition) is 0. The first-order valence-corrected chi connectivity index (χ1v) is 13.4. The van der Waals surface area contributed by atoms with Crippen molar-refractivity contribution in [2.75, 3.05) is 9.80 Å². The summed E-state index contributed by atoms with van der Waals surface area (Å²) in [5, 5.41) is 0. The Morgan fingerprint density at radius 1 is 0.816 bits per heavy atom. The number of nitrogens with zero attached hydrogens (tertiary/aromatic N) is 4. The number of hydrogen-bond acceptors (Lipinski definition) is 4. The van der Waals surface area contributed by atoms with Crippen LogP contribution >= 0.6 is 0 Å². The first kappa shape index (κ1) is 24.4. The second-order valence-electron chi connectivity index (χ2n) is 12.3. The van der Waals surface area contributed by atoms with Gasteiger partial charge in [0.15, 0.2) is 11.6 Å². The van der Waals surface area contributed by atoms with E-state index in [1.54, 1.807) is 12.4 Å². The average Bonchev–Trinajstić information content (AvgIpc) is 3.28. The Bertz CT molecular complexity index is 1530. The summed E-state index contributed by atoms with van der Waals surface area (Å²) in [5.41, 5.74) is 6.86. The summed E-state index contributed by atoms with van der Waals surface area (Å²) < 4.78 is 0. The molecule has 0 bridgehead atoms. The minimum atomic E-state index is -0.291. The third-order valence-electron chi connectivity index (χ3n) is 8.90. The van der Waals surface area contributed by atoms with Crippen LogP contribution in [0.25, 0.3) is 11.1 Å². The standard InChI is InChI=1S/C34H36N4/c1-8-34(7)27-19-18-23(25-16-12-13-17-26(25)32(2,3)4)22-28(27)38-30-29(35-20-21-36-30)37(31(38)33(34,5)6)24-14-10-9-11-15-24/h8-22,31H,1H2,2-7H3. The molecule has 2 unspecified atom stereocenters. The Hall–Kier alpha value is -3.92. The molecule has 0 saturated carbocycles. The van der Waals surface area contributed by atoms with Crippen LogP contribution in [0.3, 0.4) is 0 Å². The highest BCUT2D eigenvalue weighted by molar-refractivity contribution is 5.88. The number of benzene rings is 3. The number of fused-ring (bicyclic) bond motifs is 5. The summed E-state index contributed by atoms with van der Waals surface area (Å²) in [4.78, 5) is 14.6. The fraction of sp³-hybridized carbons (Fsp3) is 0.294. The van der Waals surface area contributed by atoms with Gasteiger partial charge in [0.25, 0.3) is 0 Å². The summed E-state index contributed by atoms with van der Waals surface area (Å²) in [5.74, 6) is 1.78. The molecule has 2 aliphatic rings. The van der Waals surface area contributed by atoms with Crippen LogP contribution in [0, 0.1) is 5.41 Å². The first-order valence-electron chi connectivity index (χ1n) is 13.4. The maximum atomic E-state index is 4.91. The van der Waals surface area contributed by atoms with Gasteiger partial charge in [-0.25, -0.2) is 9.97 Å². The van der Waals surface area contributed by atoms with Crippen molar-refractivity contribution < 1.29 is 0 Å². The lowest BCUT2D eigenvalue weighted by molar-refractivity contribution is 0.171. The molecule has 0 amide bonds. The van der Waals surface area contributed by atoms with Gasteiger partial charge >= 0.3 is 0 Å². The molecule has 6 rings (SSSR count). The van der Waals surface area contributed by atoms with E-state index in [1.165, 1.54) is 22.3 Å². The van der Waals surface area contributed by atoms with E-state index in [-0.39, 0.29) is 22.4 Å². The van der Waals surface area contributed by atoms with Crippen LogP contribution in [0.15, 0.2) is 97.8 Å². The van der Waals surface area contributed by atoms with Crippen LogP contribution in [-0.4, -0.2) is 16.1 Å². The van der Waals surface area contributed by atoms with E-state index in [2.05, 4.69) is 137 Å². The van der Waals surface area contributed by atoms with E-state index in [4.69, 9.17) is 9.97 Å². The van der Waals surface area contributed by atoms with Gasteiger partial charge in [-0.1, -0.05) is 102 Å². The van der Waals surface area contributed by atoms with E-state index in [1.807, 2.05) is 0 Å². The van der Waals surface area contributed by atoms with Crippen LogP contribution in [0.5, 0.6) is 0 Å². The fourth-order valence-corrected chi connectivity index (χ4v) is 6.47. The lowest BCUT2D eigenvalue weighted by atomic mass is 9.58. The zero-order chi connectivity index (χ0) is 26.9. The predicted octanol–water partition coefficient (Wildman–Crippen LogP) is 8.54. The highest BCUT2D eigenvalue weighted by Crippen LogP contribution is 2.62. The van der Waals surface area contributed by atoms with Gasteiger partial charge in [0.2, 0.25) is 0 Å². The molecule has 0 spiro atoms. The lowest BCUT2D eigenvalue weighted by Crippen LogP contribution is -2.60. The third-order valence-corrected chi connectivity index (χ3v) is 8.90. The largest absolute Gasteiger partial charge is 0.301 e. The molecular formula is C34H36N4. The van der Waals surface area contributed by atoms with Gasteiger partial charge in [0.05, 0.1) is 0 Å². The lowest BCUT2D eigenvalue weighted by Gasteiger charge is -2.56. The summed E-state index contributed by atoms with van der Waals surface area (Å²) in [6.45, 7) is 18.2. The Morgan fingerprint density at radius 2 is 1.45 bits per heavy atom. The van der Waals surface area contributed by atoms with E-state index in [0.29, 0.717) is 0 Å². The zero-order valence-corrected chi connectivity index (χ0v) is 23.2. The molecule has 4 aromatic rings. The molecular weight excluding hydrogens is 464 g/mol. The number of anilines is 4. The molecule has 3 aromatic carbocycles. The van der Waals surface area contributed by atoms with Crippen molar-refractivity contribution in [3.8, 4) is 11.1 Å². The van der Waals surface area contributed by atoms with Gasteiger partial charge in [-0.3, -0.25) is 0 Å². The quantitative estimate of drug-likeness (QED) is 0.264. The minimum Gasteiger partial charge on any atom is -0.301 e. The van der Waals surface area contributed by atoms with Crippen LogP contribution < -0.4 is 9.80 Å². The topological polar surface area (TPSA) is 32.3 Å². The second-order valence-corrected chi connectivity index (χ2v) is 12.3. The molecule has 4 nitrogen and oxygen atoms in total. The van der Waals surface area contributed by atoms with E-state index in [9.17, 15) is 0 Å². The van der Waals surface area contributed by atoms with Crippen molar-refractivity contribution >= 4 is 23.0 Å². The SMILES string of the molecule is C=CC1(C)c2ccc(-c3ccccc3C(C)(C)C)cc2N2c3nccnc3N(c3ccccc3)C2C1(C)C. The molecule has 38 heavy (non-hydrogen) atoms. The van der Waals surface area contributed by atoms with Gasteiger partial charge in [0.1, 0.15) is 6.17 Å². The van der Waals surface area contributed by atoms with Gasteiger partial charge in [-0.15, -0.1) is 6.58 Å². The Morgan fingerprint density at radius 3 is 2.11 bits per heavy atom. The molecule has 192 valence electrons. The van der Waals surface area contributed by atoms with Gasteiger partial charge in [0, 0.05) is 34.6 Å². The van der Waals surface area contributed by atoms with E-state index >= 15 is 0 Å². The maximum Gasteiger partial charge on any atom is 0.178 e. The van der Waals surface area contributed by atoms with Gasteiger partial charge < -0.3 is 9.80 Å². The monoisotopic (exact) mass is 500 g/mol. The van der Waals surface area contributed by atoms with Crippen molar-refractivity contribution in [1.82, 2.24) is 9.97 Å². The number of rotatable bonds is 3. The molecule has 0 saturated heterocycles.